The SMILES string of the molecule is O=C(c1ccc(Nc2ccccc2[N+](=O)[O-])cc1)c1ccccc1-c1ccccc1. The summed E-state index contributed by atoms with van der Waals surface area (Å²) in [7, 11) is 0. The molecule has 4 aromatic rings. The molecule has 5 heteroatoms. The molecule has 0 fully saturated rings. The number of ketones is 1. The second kappa shape index (κ2) is 8.41. The van der Waals surface area contributed by atoms with E-state index in [-0.39, 0.29) is 11.5 Å². The van der Waals surface area contributed by atoms with Crippen molar-refractivity contribution in [1.82, 2.24) is 0 Å². The van der Waals surface area contributed by atoms with Crippen molar-refractivity contribution in [1.29, 1.82) is 0 Å². The molecule has 4 aromatic carbocycles. The van der Waals surface area contributed by atoms with Gasteiger partial charge in [0.15, 0.2) is 5.78 Å². The molecule has 1 N–H and O–H groups in total. The third-order valence-corrected chi connectivity index (χ3v) is 4.78. The van der Waals surface area contributed by atoms with Crippen LogP contribution in [0.4, 0.5) is 17.1 Å². The molecule has 0 atom stereocenters. The number of carbonyl (C=O) groups is 1. The van der Waals surface area contributed by atoms with Crippen LogP contribution in [0.3, 0.4) is 0 Å². The highest BCUT2D eigenvalue weighted by Crippen LogP contribution is 2.28. The molecule has 30 heavy (non-hydrogen) atoms. The van der Waals surface area contributed by atoms with Crippen LogP contribution in [-0.2, 0) is 0 Å². The summed E-state index contributed by atoms with van der Waals surface area (Å²) in [5, 5.41) is 14.2. The summed E-state index contributed by atoms with van der Waals surface area (Å²) in [6.45, 7) is 0. The molecule has 146 valence electrons. The van der Waals surface area contributed by atoms with Crippen molar-refractivity contribution in [3.05, 3.63) is 124 Å². The van der Waals surface area contributed by atoms with Gasteiger partial charge in [-0.25, -0.2) is 0 Å². The zero-order valence-electron chi connectivity index (χ0n) is 16.0. The quantitative estimate of drug-likeness (QED) is 0.239. The van der Waals surface area contributed by atoms with Gasteiger partial charge in [-0.1, -0.05) is 66.7 Å². The van der Waals surface area contributed by atoms with Crippen molar-refractivity contribution in [3.8, 4) is 11.1 Å². The number of nitrogens with zero attached hydrogens (tertiary/aromatic N) is 1. The molecular formula is C25H18N2O3. The number of para-hydroxylation sites is 2. The summed E-state index contributed by atoms with van der Waals surface area (Å²) in [4.78, 5) is 23.9. The molecule has 5 nitrogen and oxygen atoms in total. The largest absolute Gasteiger partial charge is 0.350 e. The van der Waals surface area contributed by atoms with E-state index in [1.165, 1.54) is 6.07 Å². The van der Waals surface area contributed by atoms with Gasteiger partial charge in [0, 0.05) is 22.9 Å². The zero-order valence-corrected chi connectivity index (χ0v) is 16.0. The van der Waals surface area contributed by atoms with Crippen LogP contribution in [0.1, 0.15) is 15.9 Å². The maximum absolute atomic E-state index is 13.1. The van der Waals surface area contributed by atoms with Crippen molar-refractivity contribution in [3.63, 3.8) is 0 Å². The molecule has 0 unspecified atom stereocenters. The smallest absolute Gasteiger partial charge is 0.292 e. The predicted octanol–water partition coefficient (Wildman–Crippen LogP) is 6.24. The van der Waals surface area contributed by atoms with Crippen molar-refractivity contribution in [2.24, 2.45) is 0 Å². The van der Waals surface area contributed by atoms with Gasteiger partial charge >= 0.3 is 0 Å². The second-order valence-electron chi connectivity index (χ2n) is 6.72. The van der Waals surface area contributed by atoms with Gasteiger partial charge in [0.05, 0.1) is 4.92 Å². The summed E-state index contributed by atoms with van der Waals surface area (Å²) < 4.78 is 0. The highest BCUT2D eigenvalue weighted by atomic mass is 16.6. The molecule has 0 bridgehead atoms. The number of nitro groups is 1. The Morgan fingerprint density at radius 1 is 0.733 bits per heavy atom. The molecule has 0 heterocycles. The Labute approximate surface area is 173 Å². The van der Waals surface area contributed by atoms with E-state index >= 15 is 0 Å². The minimum absolute atomic E-state index is 0.00515. The number of rotatable bonds is 6. The van der Waals surface area contributed by atoms with Crippen molar-refractivity contribution >= 4 is 22.8 Å². The Hall–Kier alpha value is -4.25. The Balaban J connectivity index is 1.60. The summed E-state index contributed by atoms with van der Waals surface area (Å²) in [5.74, 6) is -0.0771. The van der Waals surface area contributed by atoms with Crippen molar-refractivity contribution < 1.29 is 9.72 Å². The van der Waals surface area contributed by atoms with Gasteiger partial charge in [0.1, 0.15) is 5.69 Å². The van der Waals surface area contributed by atoms with E-state index in [0.29, 0.717) is 22.5 Å². The Morgan fingerprint density at radius 3 is 2.10 bits per heavy atom. The highest BCUT2D eigenvalue weighted by Gasteiger charge is 2.15. The number of benzene rings is 4. The molecule has 0 aromatic heterocycles. The second-order valence-corrected chi connectivity index (χ2v) is 6.72. The molecule has 0 amide bonds. The first kappa shape index (κ1) is 19.1. The average Bonchev–Trinajstić information content (AvgIpc) is 2.80. The molecule has 4 rings (SSSR count). The lowest BCUT2D eigenvalue weighted by Crippen LogP contribution is -2.04. The summed E-state index contributed by atoms with van der Waals surface area (Å²) in [6.07, 6.45) is 0. The third-order valence-electron chi connectivity index (χ3n) is 4.78. The predicted molar refractivity (Wildman–Crippen MR) is 118 cm³/mol. The molecule has 0 spiro atoms. The first-order chi connectivity index (χ1) is 14.6. The third kappa shape index (κ3) is 3.95. The van der Waals surface area contributed by atoms with E-state index in [4.69, 9.17) is 0 Å². The molecule has 0 saturated heterocycles. The van der Waals surface area contributed by atoms with Crippen LogP contribution in [-0.4, -0.2) is 10.7 Å². The summed E-state index contributed by atoms with van der Waals surface area (Å²) in [5.41, 5.74) is 4.10. The minimum atomic E-state index is -0.430. The van der Waals surface area contributed by atoms with Crippen LogP contribution in [0.5, 0.6) is 0 Å². The summed E-state index contributed by atoms with van der Waals surface area (Å²) in [6, 6.07) is 30.7. The van der Waals surface area contributed by atoms with E-state index in [1.807, 2.05) is 54.6 Å². The monoisotopic (exact) mass is 394 g/mol. The fraction of sp³-hybridized carbons (Fsp3) is 0. The van der Waals surface area contributed by atoms with Crippen molar-refractivity contribution in [2.75, 3.05) is 5.32 Å². The van der Waals surface area contributed by atoms with E-state index < -0.39 is 4.92 Å². The van der Waals surface area contributed by atoms with E-state index in [9.17, 15) is 14.9 Å². The lowest BCUT2D eigenvalue weighted by molar-refractivity contribution is -0.383. The van der Waals surface area contributed by atoms with Gasteiger partial charge in [0.25, 0.3) is 5.69 Å². The topological polar surface area (TPSA) is 72.2 Å². The standard InChI is InChI=1S/C25H18N2O3/c28-25(22-11-5-4-10-21(22)18-8-2-1-3-9-18)19-14-16-20(17-15-19)26-23-12-6-7-13-24(23)27(29)30/h1-17,26H. The Morgan fingerprint density at radius 2 is 1.37 bits per heavy atom. The molecule has 0 aliphatic carbocycles. The molecule has 0 radical (unpaired) electrons. The van der Waals surface area contributed by atoms with E-state index in [0.717, 1.165) is 11.1 Å². The molecular weight excluding hydrogens is 376 g/mol. The van der Waals surface area contributed by atoms with Crippen LogP contribution < -0.4 is 5.32 Å². The van der Waals surface area contributed by atoms with Gasteiger partial charge in [-0.05, 0) is 41.5 Å². The van der Waals surface area contributed by atoms with Gasteiger partial charge in [-0.15, -0.1) is 0 Å². The molecule has 0 aliphatic heterocycles. The van der Waals surface area contributed by atoms with Crippen LogP contribution in [0.25, 0.3) is 11.1 Å². The fourth-order valence-corrected chi connectivity index (χ4v) is 3.31. The lowest BCUT2D eigenvalue weighted by Gasteiger charge is -2.10. The van der Waals surface area contributed by atoms with E-state index in [1.54, 1.807) is 42.5 Å². The van der Waals surface area contributed by atoms with Gasteiger partial charge < -0.3 is 5.32 Å². The first-order valence-corrected chi connectivity index (χ1v) is 9.43. The van der Waals surface area contributed by atoms with Crippen LogP contribution in [0.15, 0.2) is 103 Å². The number of hydrogen-bond acceptors (Lipinski definition) is 4. The fourth-order valence-electron chi connectivity index (χ4n) is 3.31. The molecule has 0 saturated carbocycles. The van der Waals surface area contributed by atoms with E-state index in [2.05, 4.69) is 5.32 Å². The van der Waals surface area contributed by atoms with Crippen LogP contribution >= 0.6 is 0 Å². The van der Waals surface area contributed by atoms with Gasteiger partial charge in [0.2, 0.25) is 0 Å². The van der Waals surface area contributed by atoms with Crippen LogP contribution in [0.2, 0.25) is 0 Å². The summed E-state index contributed by atoms with van der Waals surface area (Å²) >= 11 is 0. The van der Waals surface area contributed by atoms with Gasteiger partial charge in [-0.3, -0.25) is 14.9 Å². The Kier molecular flexibility index (Phi) is 5.35. The highest BCUT2D eigenvalue weighted by molar-refractivity contribution is 6.13. The van der Waals surface area contributed by atoms with Gasteiger partial charge in [-0.2, -0.15) is 0 Å². The zero-order chi connectivity index (χ0) is 20.9. The number of nitrogens with one attached hydrogen (secondary N) is 1. The number of anilines is 2. The number of hydrogen-bond donors (Lipinski definition) is 1. The minimum Gasteiger partial charge on any atom is -0.350 e. The lowest BCUT2D eigenvalue weighted by atomic mass is 9.94. The Bertz CT molecular complexity index is 1200. The normalized spacial score (nSPS) is 10.4. The first-order valence-electron chi connectivity index (χ1n) is 9.43. The van der Waals surface area contributed by atoms with Crippen molar-refractivity contribution in [2.45, 2.75) is 0 Å². The number of carbonyl (C=O) groups excluding carboxylic acids is 1. The number of nitro benzene ring substituents is 1. The average molecular weight is 394 g/mol. The van der Waals surface area contributed by atoms with Crippen LogP contribution in [0, 0.1) is 10.1 Å². The maximum atomic E-state index is 13.1. The maximum Gasteiger partial charge on any atom is 0.292 e. The molecule has 0 aliphatic rings.